The second kappa shape index (κ2) is 10.3. The Morgan fingerprint density at radius 1 is 0.949 bits per heavy atom. The van der Waals surface area contributed by atoms with Gasteiger partial charge in [-0.05, 0) is 111 Å². The molecule has 0 radical (unpaired) electrons. The first-order chi connectivity index (χ1) is 18.6. The molecule has 12 atom stereocenters. The molecule has 4 N–H and O–H groups in total. The van der Waals surface area contributed by atoms with E-state index >= 15 is 0 Å². The third kappa shape index (κ3) is 4.57. The number of fused-ring (bicyclic) bond motifs is 7. The van der Waals surface area contributed by atoms with E-state index in [0.717, 1.165) is 43.1 Å². The van der Waals surface area contributed by atoms with Crippen molar-refractivity contribution >= 4 is 11.8 Å². The van der Waals surface area contributed by atoms with Crippen LogP contribution < -0.4 is 16.0 Å². The molecular formula is C32H53N3O4. The normalized spacial score (nSPS) is 50.4. The average molecular weight is 544 g/mol. The molecule has 6 rings (SSSR count). The molecule has 7 heteroatoms. The summed E-state index contributed by atoms with van der Waals surface area (Å²) in [5, 5.41) is 18.5. The third-order valence-corrected chi connectivity index (χ3v) is 13.3. The Balaban J connectivity index is 1.10. The molecular weight excluding hydrogens is 490 g/mol. The third-order valence-electron chi connectivity index (χ3n) is 13.3. The SMILES string of the molecule is C[C@@H]1CC[C@@]2(NC1)O[C@H]1C[C@H]3[C@@H]4CC[C@@H]5C[C@@H](NC(=O)CC(=O)NCCO)CC[C@]5(C)[C@H]4CC[C@]3(C)[C@H]1[C@@H]2C. The predicted octanol–water partition coefficient (Wildman–Crippen LogP) is 3.99. The minimum absolute atomic E-state index is 0.0847. The van der Waals surface area contributed by atoms with E-state index < -0.39 is 0 Å². The molecule has 6 fully saturated rings. The number of carbonyl (C=O) groups excluding carboxylic acids is 2. The van der Waals surface area contributed by atoms with Gasteiger partial charge in [-0.3, -0.25) is 14.9 Å². The van der Waals surface area contributed by atoms with Gasteiger partial charge in [0.2, 0.25) is 11.8 Å². The fraction of sp³-hybridized carbons (Fsp3) is 0.938. The maximum atomic E-state index is 12.5. The van der Waals surface area contributed by atoms with Crippen LogP contribution in [0.2, 0.25) is 0 Å². The minimum Gasteiger partial charge on any atom is -0.395 e. The van der Waals surface area contributed by atoms with Crippen LogP contribution in [0.1, 0.15) is 98.3 Å². The number of rotatable bonds is 5. The average Bonchev–Trinajstić information content (AvgIpc) is 3.34. The summed E-state index contributed by atoms with van der Waals surface area (Å²) in [6.45, 7) is 11.3. The van der Waals surface area contributed by atoms with Gasteiger partial charge in [0.1, 0.15) is 12.1 Å². The lowest BCUT2D eigenvalue weighted by molar-refractivity contribution is -0.137. The van der Waals surface area contributed by atoms with Crippen LogP contribution in [0.3, 0.4) is 0 Å². The van der Waals surface area contributed by atoms with Crippen LogP contribution in [0.4, 0.5) is 0 Å². The van der Waals surface area contributed by atoms with Crippen LogP contribution in [0.15, 0.2) is 0 Å². The van der Waals surface area contributed by atoms with Gasteiger partial charge in [0.25, 0.3) is 0 Å². The van der Waals surface area contributed by atoms with Crippen molar-refractivity contribution in [2.24, 2.45) is 52.3 Å². The fourth-order valence-corrected chi connectivity index (χ4v) is 11.3. The molecule has 220 valence electrons. The lowest BCUT2D eigenvalue weighted by atomic mass is 9.44. The molecule has 2 aliphatic heterocycles. The molecule has 4 saturated carbocycles. The summed E-state index contributed by atoms with van der Waals surface area (Å²) in [6, 6.07) is 0.175. The Kier molecular flexibility index (Phi) is 7.36. The van der Waals surface area contributed by atoms with Crippen molar-refractivity contribution < 1.29 is 19.4 Å². The number of hydrogen-bond acceptors (Lipinski definition) is 5. The number of nitrogens with one attached hydrogen (secondary N) is 3. The Labute approximate surface area is 235 Å². The van der Waals surface area contributed by atoms with E-state index in [1.807, 2.05) is 0 Å². The number of ether oxygens (including phenoxy) is 1. The highest BCUT2D eigenvalue weighted by Crippen LogP contribution is 2.71. The molecule has 39 heavy (non-hydrogen) atoms. The number of hydrogen-bond donors (Lipinski definition) is 4. The summed E-state index contributed by atoms with van der Waals surface area (Å²) >= 11 is 0. The van der Waals surface area contributed by atoms with Crippen LogP contribution in [0.25, 0.3) is 0 Å². The van der Waals surface area contributed by atoms with E-state index in [0.29, 0.717) is 34.7 Å². The van der Waals surface area contributed by atoms with E-state index in [9.17, 15) is 9.59 Å². The van der Waals surface area contributed by atoms with Crippen molar-refractivity contribution in [1.29, 1.82) is 0 Å². The lowest BCUT2D eigenvalue weighted by Crippen LogP contribution is -2.58. The molecule has 0 aromatic heterocycles. The monoisotopic (exact) mass is 543 g/mol. The summed E-state index contributed by atoms with van der Waals surface area (Å²) in [5.74, 6) is 4.53. The molecule has 2 heterocycles. The summed E-state index contributed by atoms with van der Waals surface area (Å²) in [4.78, 5) is 24.4. The first-order valence-corrected chi connectivity index (χ1v) is 16.2. The zero-order valence-corrected chi connectivity index (χ0v) is 24.8. The standard InChI is InChI=1S/C32H53N3O4/c1-19-7-12-32(34-18-19)20(2)29-26(39-32)16-25-23-6-5-21-15-22(35-28(38)17-27(37)33-13-14-36)8-10-30(21,3)24(23)9-11-31(25,29)4/h19-26,29,34,36H,5-18H2,1-4H3,(H,33,37)(H,35,38)/t19-,20+,21-,22+,23-,24+,25+,26+,29+,30+,31+,32-/m1/s1. The van der Waals surface area contributed by atoms with E-state index in [4.69, 9.17) is 9.84 Å². The van der Waals surface area contributed by atoms with Crippen LogP contribution in [0, 0.1) is 52.3 Å². The maximum Gasteiger partial charge on any atom is 0.229 e. The second-order valence-electron chi connectivity index (χ2n) is 15.1. The summed E-state index contributed by atoms with van der Waals surface area (Å²) in [5.41, 5.74) is 0.666. The van der Waals surface area contributed by atoms with Gasteiger partial charge in [0, 0.05) is 25.0 Å². The highest BCUT2D eigenvalue weighted by atomic mass is 16.5. The van der Waals surface area contributed by atoms with Crippen molar-refractivity contribution in [3.63, 3.8) is 0 Å². The molecule has 0 unspecified atom stereocenters. The van der Waals surface area contributed by atoms with Gasteiger partial charge in [0.05, 0.1) is 12.7 Å². The van der Waals surface area contributed by atoms with Gasteiger partial charge < -0.3 is 20.5 Å². The Hall–Kier alpha value is -1.18. The maximum absolute atomic E-state index is 12.5. The summed E-state index contributed by atoms with van der Waals surface area (Å²) < 4.78 is 7.05. The van der Waals surface area contributed by atoms with E-state index in [2.05, 4.69) is 43.6 Å². The number of piperidine rings is 1. The van der Waals surface area contributed by atoms with Crippen molar-refractivity contribution in [2.75, 3.05) is 19.7 Å². The molecule has 0 aromatic carbocycles. The lowest BCUT2D eigenvalue weighted by Gasteiger charge is -2.61. The smallest absolute Gasteiger partial charge is 0.229 e. The van der Waals surface area contributed by atoms with Crippen molar-refractivity contribution in [2.45, 2.75) is 116 Å². The van der Waals surface area contributed by atoms with Crippen molar-refractivity contribution in [3.8, 4) is 0 Å². The molecule has 6 aliphatic rings. The molecule has 2 amide bonds. The van der Waals surface area contributed by atoms with Crippen LogP contribution in [-0.2, 0) is 14.3 Å². The first-order valence-electron chi connectivity index (χ1n) is 16.2. The minimum atomic E-state index is -0.313. The summed E-state index contributed by atoms with van der Waals surface area (Å²) in [6.07, 6.45) is 12.5. The molecule has 4 aliphatic carbocycles. The quantitative estimate of drug-likeness (QED) is 0.393. The predicted molar refractivity (Wildman–Crippen MR) is 150 cm³/mol. The molecule has 0 aromatic rings. The Morgan fingerprint density at radius 3 is 2.49 bits per heavy atom. The van der Waals surface area contributed by atoms with Crippen molar-refractivity contribution in [3.05, 3.63) is 0 Å². The number of aliphatic hydroxyl groups excluding tert-OH is 1. The fourth-order valence-electron chi connectivity index (χ4n) is 11.3. The van der Waals surface area contributed by atoms with Crippen molar-refractivity contribution in [1.82, 2.24) is 16.0 Å². The van der Waals surface area contributed by atoms with Gasteiger partial charge in [-0.15, -0.1) is 0 Å². The number of carbonyl (C=O) groups is 2. The van der Waals surface area contributed by atoms with Gasteiger partial charge in [-0.2, -0.15) is 0 Å². The van der Waals surface area contributed by atoms with E-state index in [1.165, 1.54) is 51.4 Å². The molecule has 2 saturated heterocycles. The second-order valence-corrected chi connectivity index (χ2v) is 15.1. The highest BCUT2D eigenvalue weighted by molar-refractivity contribution is 5.96. The van der Waals surface area contributed by atoms with Crippen LogP contribution in [0.5, 0.6) is 0 Å². The van der Waals surface area contributed by atoms with Crippen LogP contribution in [-0.4, -0.2) is 54.5 Å². The largest absolute Gasteiger partial charge is 0.395 e. The highest BCUT2D eigenvalue weighted by Gasteiger charge is 2.68. The number of amides is 2. The van der Waals surface area contributed by atoms with Gasteiger partial charge in [-0.1, -0.05) is 27.7 Å². The van der Waals surface area contributed by atoms with E-state index in [1.54, 1.807) is 0 Å². The van der Waals surface area contributed by atoms with Crippen LogP contribution >= 0.6 is 0 Å². The first kappa shape index (κ1) is 28.0. The molecule has 7 nitrogen and oxygen atoms in total. The van der Waals surface area contributed by atoms with E-state index in [-0.39, 0.29) is 43.2 Å². The summed E-state index contributed by atoms with van der Waals surface area (Å²) in [7, 11) is 0. The van der Waals surface area contributed by atoms with Gasteiger partial charge >= 0.3 is 0 Å². The molecule has 0 bridgehead atoms. The topological polar surface area (TPSA) is 99.7 Å². The van der Waals surface area contributed by atoms with Gasteiger partial charge in [-0.25, -0.2) is 0 Å². The zero-order valence-electron chi connectivity index (χ0n) is 24.8. The Morgan fingerprint density at radius 2 is 1.74 bits per heavy atom. The number of aliphatic hydroxyl groups is 1. The molecule has 1 spiro atoms. The van der Waals surface area contributed by atoms with Gasteiger partial charge in [0.15, 0.2) is 0 Å². The zero-order chi connectivity index (χ0) is 27.6. The Bertz CT molecular complexity index is 950.